The summed E-state index contributed by atoms with van der Waals surface area (Å²) in [6, 6.07) is 4.88. The molecule has 2 heterocycles. The number of hydrogen-bond donors (Lipinski definition) is 0. The zero-order chi connectivity index (χ0) is 18.2. The van der Waals surface area contributed by atoms with Gasteiger partial charge >= 0.3 is 0 Å². The lowest BCUT2D eigenvalue weighted by atomic mass is 10.2. The molecule has 0 aromatic heterocycles. The molecule has 0 spiro atoms. The third kappa shape index (κ3) is 3.79. The number of halogens is 1. The van der Waals surface area contributed by atoms with Crippen molar-refractivity contribution in [3.05, 3.63) is 23.2 Å². The van der Waals surface area contributed by atoms with Gasteiger partial charge in [0.05, 0.1) is 29.7 Å². The first-order valence-corrected chi connectivity index (χ1v) is 10.5. The van der Waals surface area contributed by atoms with E-state index in [1.807, 2.05) is 0 Å². The smallest absolute Gasteiger partial charge is 0.274 e. The Hall–Kier alpha value is -1.29. The second kappa shape index (κ2) is 7.14. The first-order valence-electron chi connectivity index (χ1n) is 7.45. The highest BCUT2D eigenvalue weighted by molar-refractivity contribution is 8.16. The number of anilines is 1. The van der Waals surface area contributed by atoms with Crippen LogP contribution < -0.4 is 9.64 Å². The second-order valence-corrected chi connectivity index (χ2v) is 9.48. The van der Waals surface area contributed by atoms with Crippen molar-refractivity contribution in [2.75, 3.05) is 37.2 Å². The van der Waals surface area contributed by atoms with Gasteiger partial charge in [-0.2, -0.15) is 4.99 Å². The van der Waals surface area contributed by atoms with Crippen molar-refractivity contribution in [2.45, 2.75) is 11.3 Å². The van der Waals surface area contributed by atoms with Crippen molar-refractivity contribution in [3.63, 3.8) is 0 Å². The summed E-state index contributed by atoms with van der Waals surface area (Å²) in [4.78, 5) is 17.7. The Bertz CT molecular complexity index is 827. The molecule has 10 heteroatoms. The van der Waals surface area contributed by atoms with E-state index in [4.69, 9.17) is 21.1 Å². The van der Waals surface area contributed by atoms with Crippen LogP contribution in [-0.4, -0.2) is 63.1 Å². The van der Waals surface area contributed by atoms with Crippen LogP contribution in [0.5, 0.6) is 5.75 Å². The molecular formula is C15H17ClN2O5S2. The largest absolute Gasteiger partial charge is 0.495 e. The zero-order valence-corrected chi connectivity index (χ0v) is 16.0. The summed E-state index contributed by atoms with van der Waals surface area (Å²) < 4.78 is 34.0. The summed E-state index contributed by atoms with van der Waals surface area (Å²) in [6.45, 7) is -0.130. The van der Waals surface area contributed by atoms with Gasteiger partial charge in [0.1, 0.15) is 12.4 Å². The molecule has 0 bridgehead atoms. The fraction of sp³-hybridized carbons (Fsp3) is 0.467. The summed E-state index contributed by atoms with van der Waals surface area (Å²) in [5, 5.41) is 0.699. The molecule has 136 valence electrons. The number of aliphatic imine (C=N–C) groups is 1. The first kappa shape index (κ1) is 18.5. The number of rotatable bonds is 4. The van der Waals surface area contributed by atoms with Crippen LogP contribution in [0.25, 0.3) is 0 Å². The minimum absolute atomic E-state index is 0.0196. The molecule has 1 aromatic carbocycles. The van der Waals surface area contributed by atoms with Gasteiger partial charge in [0.15, 0.2) is 15.0 Å². The number of methoxy groups -OCH3 is 2. The van der Waals surface area contributed by atoms with E-state index in [9.17, 15) is 13.2 Å². The van der Waals surface area contributed by atoms with Crippen molar-refractivity contribution in [1.82, 2.24) is 0 Å². The minimum Gasteiger partial charge on any atom is -0.495 e. The molecule has 2 unspecified atom stereocenters. The predicted molar refractivity (Wildman–Crippen MR) is 98.6 cm³/mol. The minimum atomic E-state index is -3.12. The Labute approximate surface area is 155 Å². The Morgan fingerprint density at radius 2 is 2.16 bits per heavy atom. The number of nitrogens with zero attached hydrogens (tertiary/aromatic N) is 2. The molecular weight excluding hydrogens is 388 g/mol. The number of thioether (sulfide) groups is 1. The van der Waals surface area contributed by atoms with Crippen LogP contribution in [-0.2, 0) is 19.4 Å². The normalized spacial score (nSPS) is 26.0. The molecule has 0 radical (unpaired) electrons. The van der Waals surface area contributed by atoms with Crippen molar-refractivity contribution < 1.29 is 22.7 Å². The number of carbonyl (C=O) groups excluding carboxylic acids is 1. The molecule has 1 aromatic rings. The highest BCUT2D eigenvalue weighted by Gasteiger charge is 2.49. The molecule has 2 atom stereocenters. The molecule has 3 rings (SSSR count). The highest BCUT2D eigenvalue weighted by atomic mass is 35.5. The van der Waals surface area contributed by atoms with E-state index in [0.29, 0.717) is 21.6 Å². The molecule has 0 aliphatic carbocycles. The van der Waals surface area contributed by atoms with Crippen molar-refractivity contribution in [1.29, 1.82) is 0 Å². The maximum Gasteiger partial charge on any atom is 0.274 e. The second-order valence-electron chi connectivity index (χ2n) is 5.71. The van der Waals surface area contributed by atoms with E-state index < -0.39 is 15.7 Å². The van der Waals surface area contributed by atoms with Crippen molar-refractivity contribution >= 4 is 50.0 Å². The van der Waals surface area contributed by atoms with Crippen LogP contribution in [0.4, 0.5) is 5.69 Å². The molecule has 2 aliphatic heterocycles. The number of fused-ring (bicyclic) bond motifs is 1. The summed E-state index contributed by atoms with van der Waals surface area (Å²) >= 11 is 7.51. The number of benzene rings is 1. The first-order chi connectivity index (χ1) is 11.8. The summed E-state index contributed by atoms with van der Waals surface area (Å²) in [6.07, 6.45) is 0. The standard InChI is InChI=1S/C15H17ClN2O5S2/c1-22-6-14(19)17-15-18(9-3-4-12(23-2)10(16)5-9)11-7-25(20,21)8-13(11)24-15/h3-5,11,13H,6-8H2,1-2H3. The van der Waals surface area contributed by atoms with Crippen LogP contribution in [0, 0.1) is 0 Å². The lowest BCUT2D eigenvalue weighted by molar-refractivity contribution is -0.121. The number of amides is 1. The summed E-state index contributed by atoms with van der Waals surface area (Å²) in [5.74, 6) is 0.186. The zero-order valence-electron chi connectivity index (χ0n) is 13.6. The van der Waals surface area contributed by atoms with Crippen LogP contribution >= 0.6 is 23.4 Å². The van der Waals surface area contributed by atoms with Gasteiger partial charge in [-0.15, -0.1) is 0 Å². The van der Waals surface area contributed by atoms with Crippen molar-refractivity contribution in [2.24, 2.45) is 4.99 Å². The molecule has 2 aliphatic rings. The third-order valence-electron chi connectivity index (χ3n) is 3.97. The molecule has 7 nitrogen and oxygen atoms in total. The van der Waals surface area contributed by atoms with Gasteiger partial charge in [-0.05, 0) is 18.2 Å². The van der Waals surface area contributed by atoms with Crippen LogP contribution in [0.2, 0.25) is 5.02 Å². The number of hydrogen-bond acceptors (Lipinski definition) is 6. The molecule has 2 saturated heterocycles. The lowest BCUT2D eigenvalue weighted by Gasteiger charge is -2.25. The van der Waals surface area contributed by atoms with Gasteiger partial charge in [-0.1, -0.05) is 23.4 Å². The van der Waals surface area contributed by atoms with E-state index in [2.05, 4.69) is 4.99 Å². The molecule has 1 amide bonds. The fourth-order valence-electron chi connectivity index (χ4n) is 2.93. The van der Waals surface area contributed by atoms with E-state index >= 15 is 0 Å². The number of carbonyl (C=O) groups is 1. The fourth-order valence-corrected chi connectivity index (χ4v) is 7.12. The number of amidine groups is 1. The van der Waals surface area contributed by atoms with Crippen LogP contribution in [0.1, 0.15) is 0 Å². The Kier molecular flexibility index (Phi) is 5.29. The van der Waals surface area contributed by atoms with Gasteiger partial charge in [-0.25, -0.2) is 8.42 Å². The third-order valence-corrected chi connectivity index (χ3v) is 7.47. The van der Waals surface area contributed by atoms with Gasteiger partial charge in [0.25, 0.3) is 5.91 Å². The Morgan fingerprint density at radius 3 is 2.80 bits per heavy atom. The van der Waals surface area contributed by atoms with E-state index in [-0.39, 0.29) is 29.4 Å². The topological polar surface area (TPSA) is 85.3 Å². The summed E-state index contributed by atoms with van der Waals surface area (Å²) in [5.41, 5.74) is 0.673. The average molecular weight is 405 g/mol. The average Bonchev–Trinajstić information content (AvgIpc) is 2.98. The van der Waals surface area contributed by atoms with Gasteiger partial charge < -0.3 is 14.4 Å². The summed E-state index contributed by atoms with van der Waals surface area (Å²) in [7, 11) is -0.181. The van der Waals surface area contributed by atoms with E-state index in [0.717, 1.165) is 0 Å². The highest BCUT2D eigenvalue weighted by Crippen LogP contribution is 2.42. The van der Waals surface area contributed by atoms with Crippen LogP contribution in [0.15, 0.2) is 23.2 Å². The van der Waals surface area contributed by atoms with Gasteiger partial charge in [0.2, 0.25) is 0 Å². The maximum atomic E-state index is 12.0. The van der Waals surface area contributed by atoms with Gasteiger partial charge in [-0.3, -0.25) is 4.79 Å². The van der Waals surface area contributed by atoms with E-state index in [1.165, 1.54) is 26.0 Å². The van der Waals surface area contributed by atoms with Crippen molar-refractivity contribution in [3.8, 4) is 5.75 Å². The van der Waals surface area contributed by atoms with E-state index in [1.54, 1.807) is 23.1 Å². The molecule has 25 heavy (non-hydrogen) atoms. The number of sulfone groups is 1. The predicted octanol–water partition coefficient (Wildman–Crippen LogP) is 1.60. The Morgan fingerprint density at radius 1 is 1.40 bits per heavy atom. The quantitative estimate of drug-likeness (QED) is 0.753. The Balaban J connectivity index is 2.00. The SMILES string of the molecule is COCC(=O)N=C1SC2CS(=O)(=O)CC2N1c1ccc(OC)c(Cl)c1. The molecule has 0 saturated carbocycles. The maximum absolute atomic E-state index is 12.0. The lowest BCUT2D eigenvalue weighted by Crippen LogP contribution is -2.37. The molecule has 0 N–H and O–H groups in total. The van der Waals surface area contributed by atoms with Crippen LogP contribution in [0.3, 0.4) is 0 Å². The monoisotopic (exact) mass is 404 g/mol. The molecule has 2 fully saturated rings. The number of ether oxygens (including phenoxy) is 2. The van der Waals surface area contributed by atoms with Gasteiger partial charge in [0, 0.05) is 18.0 Å².